The number of hydrogen-bond donors (Lipinski definition) is 1. The highest BCUT2D eigenvalue weighted by Gasteiger charge is 2.24. The summed E-state index contributed by atoms with van der Waals surface area (Å²) in [7, 11) is 1.34. The zero-order valence-corrected chi connectivity index (χ0v) is 16.8. The van der Waals surface area contributed by atoms with Crippen molar-refractivity contribution in [1.29, 1.82) is 0 Å². The van der Waals surface area contributed by atoms with Gasteiger partial charge in [-0.15, -0.1) is 0 Å². The average Bonchev–Trinajstić information content (AvgIpc) is 3.05. The van der Waals surface area contributed by atoms with E-state index in [0.29, 0.717) is 11.0 Å². The lowest BCUT2D eigenvalue weighted by atomic mass is 10.0. The fourth-order valence-electron chi connectivity index (χ4n) is 3.53. The zero-order chi connectivity index (χ0) is 19.2. The van der Waals surface area contributed by atoms with E-state index in [1.165, 1.54) is 39.2 Å². The molecular weight excluding hydrogens is 362 g/mol. The van der Waals surface area contributed by atoms with Crippen LogP contribution >= 0.6 is 11.8 Å². The molecule has 0 saturated heterocycles. The van der Waals surface area contributed by atoms with E-state index in [-0.39, 0.29) is 24.3 Å². The first-order valence-corrected chi connectivity index (χ1v) is 10.6. The SMILES string of the molecule is COC(=O)CC(C)NC(=O)c1oc2ccccc2c1CSC1CCCCC1. The predicted octanol–water partition coefficient (Wildman–Crippen LogP) is 4.68. The Morgan fingerprint density at radius 3 is 2.74 bits per heavy atom. The molecule has 1 heterocycles. The normalized spacial score (nSPS) is 16.2. The fourth-order valence-corrected chi connectivity index (χ4v) is 4.89. The average molecular weight is 390 g/mol. The molecule has 1 atom stereocenters. The second kappa shape index (κ2) is 9.31. The number of para-hydroxylation sites is 1. The van der Waals surface area contributed by atoms with Crippen molar-refractivity contribution in [2.24, 2.45) is 0 Å². The van der Waals surface area contributed by atoms with Crippen LogP contribution in [0.2, 0.25) is 0 Å². The Kier molecular flexibility index (Phi) is 6.83. The van der Waals surface area contributed by atoms with Gasteiger partial charge in [-0.05, 0) is 25.8 Å². The van der Waals surface area contributed by atoms with Crippen LogP contribution in [0.3, 0.4) is 0 Å². The van der Waals surface area contributed by atoms with Gasteiger partial charge in [0.05, 0.1) is 13.5 Å². The summed E-state index contributed by atoms with van der Waals surface area (Å²) in [4.78, 5) is 24.2. The topological polar surface area (TPSA) is 68.5 Å². The molecule has 3 rings (SSSR count). The molecule has 0 aliphatic heterocycles. The summed E-state index contributed by atoms with van der Waals surface area (Å²) in [5.41, 5.74) is 1.67. The van der Waals surface area contributed by atoms with Gasteiger partial charge in [-0.2, -0.15) is 11.8 Å². The molecule has 146 valence electrons. The summed E-state index contributed by atoms with van der Waals surface area (Å²) in [6.07, 6.45) is 6.55. The van der Waals surface area contributed by atoms with E-state index in [4.69, 9.17) is 4.42 Å². The Bertz CT molecular complexity index is 795. The summed E-state index contributed by atoms with van der Waals surface area (Å²) in [6.45, 7) is 1.79. The van der Waals surface area contributed by atoms with Gasteiger partial charge in [0.25, 0.3) is 5.91 Å². The number of carbonyl (C=O) groups is 2. The van der Waals surface area contributed by atoms with Crippen LogP contribution in [0.25, 0.3) is 11.0 Å². The van der Waals surface area contributed by atoms with Gasteiger partial charge < -0.3 is 14.5 Å². The van der Waals surface area contributed by atoms with Crippen molar-refractivity contribution >= 4 is 34.6 Å². The number of esters is 1. The highest BCUT2D eigenvalue weighted by Crippen LogP contribution is 2.35. The maximum absolute atomic E-state index is 12.8. The van der Waals surface area contributed by atoms with Crippen molar-refractivity contribution in [3.63, 3.8) is 0 Å². The first kappa shape index (κ1) is 19.8. The van der Waals surface area contributed by atoms with Crippen molar-refractivity contribution in [3.05, 3.63) is 35.6 Å². The van der Waals surface area contributed by atoms with E-state index in [1.54, 1.807) is 6.92 Å². The maximum Gasteiger partial charge on any atom is 0.307 e. The Hall–Kier alpha value is -1.95. The molecule has 1 aliphatic carbocycles. The minimum Gasteiger partial charge on any atom is -0.469 e. The van der Waals surface area contributed by atoms with Crippen LogP contribution in [-0.4, -0.2) is 30.3 Å². The molecule has 27 heavy (non-hydrogen) atoms. The number of rotatable bonds is 7. The van der Waals surface area contributed by atoms with Gasteiger partial charge in [-0.1, -0.05) is 37.5 Å². The summed E-state index contributed by atoms with van der Waals surface area (Å²) in [6, 6.07) is 7.44. The third kappa shape index (κ3) is 5.06. The van der Waals surface area contributed by atoms with Crippen LogP contribution in [-0.2, 0) is 15.3 Å². The Balaban J connectivity index is 1.76. The monoisotopic (exact) mass is 389 g/mol. The molecule has 2 aromatic rings. The van der Waals surface area contributed by atoms with E-state index < -0.39 is 0 Å². The highest BCUT2D eigenvalue weighted by molar-refractivity contribution is 7.99. The van der Waals surface area contributed by atoms with Gasteiger partial charge in [0.15, 0.2) is 5.76 Å². The Labute approximate surface area is 164 Å². The molecular formula is C21H27NO4S. The maximum atomic E-state index is 12.8. The predicted molar refractivity (Wildman–Crippen MR) is 108 cm³/mol. The van der Waals surface area contributed by atoms with Crippen LogP contribution in [0.1, 0.15) is 61.6 Å². The van der Waals surface area contributed by atoms with Crippen molar-refractivity contribution in [2.45, 2.75) is 62.5 Å². The molecule has 1 fully saturated rings. The van der Waals surface area contributed by atoms with E-state index >= 15 is 0 Å². The minimum atomic E-state index is -0.347. The Morgan fingerprint density at radius 2 is 2.00 bits per heavy atom. The van der Waals surface area contributed by atoms with Crippen molar-refractivity contribution in [1.82, 2.24) is 5.32 Å². The number of furan rings is 1. The number of nitrogens with one attached hydrogen (secondary N) is 1. The molecule has 1 saturated carbocycles. The van der Waals surface area contributed by atoms with Gasteiger partial charge in [0.2, 0.25) is 0 Å². The molecule has 1 aromatic heterocycles. The number of carbonyl (C=O) groups excluding carboxylic acids is 2. The highest BCUT2D eigenvalue weighted by atomic mass is 32.2. The lowest BCUT2D eigenvalue weighted by Gasteiger charge is -2.21. The first-order valence-electron chi connectivity index (χ1n) is 9.58. The van der Waals surface area contributed by atoms with Gasteiger partial charge in [-0.3, -0.25) is 9.59 Å². The van der Waals surface area contributed by atoms with Crippen LogP contribution < -0.4 is 5.32 Å². The molecule has 1 aromatic carbocycles. The summed E-state index contributed by atoms with van der Waals surface area (Å²) in [5, 5.41) is 4.50. The number of hydrogen-bond acceptors (Lipinski definition) is 5. The van der Waals surface area contributed by atoms with Crippen molar-refractivity contribution in [3.8, 4) is 0 Å². The van der Waals surface area contributed by atoms with E-state index in [2.05, 4.69) is 10.1 Å². The number of amides is 1. The van der Waals surface area contributed by atoms with E-state index in [9.17, 15) is 9.59 Å². The van der Waals surface area contributed by atoms with Crippen LogP contribution in [0.15, 0.2) is 28.7 Å². The van der Waals surface area contributed by atoms with Crippen molar-refractivity contribution in [2.75, 3.05) is 7.11 Å². The van der Waals surface area contributed by atoms with Gasteiger partial charge in [0, 0.05) is 28.0 Å². The lowest BCUT2D eigenvalue weighted by Crippen LogP contribution is -2.34. The second-order valence-electron chi connectivity index (χ2n) is 7.13. The molecule has 0 radical (unpaired) electrons. The third-order valence-corrected chi connectivity index (χ3v) is 6.40. The van der Waals surface area contributed by atoms with Crippen LogP contribution in [0.4, 0.5) is 0 Å². The molecule has 0 spiro atoms. The number of benzene rings is 1. The largest absolute Gasteiger partial charge is 0.469 e. The summed E-state index contributed by atoms with van der Waals surface area (Å²) in [5.74, 6) is 0.495. The molecule has 1 unspecified atom stereocenters. The minimum absolute atomic E-state index is 0.134. The number of thioether (sulfide) groups is 1. The van der Waals surface area contributed by atoms with Crippen LogP contribution in [0.5, 0.6) is 0 Å². The lowest BCUT2D eigenvalue weighted by molar-refractivity contribution is -0.141. The molecule has 1 amide bonds. The standard InChI is InChI=1S/C21H27NO4S/c1-14(12-19(23)25-2)22-21(24)20-17(13-27-15-8-4-3-5-9-15)16-10-6-7-11-18(16)26-20/h6-7,10-11,14-15H,3-5,8-9,12-13H2,1-2H3,(H,22,24). The molecule has 5 nitrogen and oxygen atoms in total. The summed E-state index contributed by atoms with van der Waals surface area (Å²) < 4.78 is 10.6. The van der Waals surface area contributed by atoms with Gasteiger partial charge in [-0.25, -0.2) is 0 Å². The first-order chi connectivity index (χ1) is 13.1. The number of ether oxygens (including phenoxy) is 1. The zero-order valence-electron chi connectivity index (χ0n) is 16.0. The van der Waals surface area contributed by atoms with Crippen molar-refractivity contribution < 1.29 is 18.7 Å². The quantitative estimate of drug-likeness (QED) is 0.696. The number of fused-ring (bicyclic) bond motifs is 1. The van der Waals surface area contributed by atoms with Gasteiger partial charge in [0.1, 0.15) is 5.58 Å². The number of methoxy groups -OCH3 is 1. The Morgan fingerprint density at radius 1 is 1.26 bits per heavy atom. The molecule has 1 N–H and O–H groups in total. The van der Waals surface area contributed by atoms with E-state index in [1.807, 2.05) is 36.0 Å². The molecule has 1 aliphatic rings. The molecule has 0 bridgehead atoms. The van der Waals surface area contributed by atoms with Crippen LogP contribution in [0, 0.1) is 0 Å². The van der Waals surface area contributed by atoms with E-state index in [0.717, 1.165) is 22.3 Å². The second-order valence-corrected chi connectivity index (χ2v) is 8.42. The third-order valence-electron chi connectivity index (χ3n) is 5.00. The smallest absolute Gasteiger partial charge is 0.307 e. The summed E-state index contributed by atoms with van der Waals surface area (Å²) >= 11 is 1.92. The fraction of sp³-hybridized carbons (Fsp3) is 0.524. The molecule has 6 heteroatoms. The van der Waals surface area contributed by atoms with Gasteiger partial charge >= 0.3 is 5.97 Å².